The fourth-order valence-electron chi connectivity index (χ4n) is 4.42. The van der Waals surface area contributed by atoms with Gasteiger partial charge in [0.15, 0.2) is 5.78 Å². The van der Waals surface area contributed by atoms with Crippen molar-refractivity contribution in [2.24, 2.45) is 0 Å². The van der Waals surface area contributed by atoms with Crippen LogP contribution in [0.2, 0.25) is 0 Å². The second-order valence-corrected chi connectivity index (χ2v) is 9.67. The van der Waals surface area contributed by atoms with Crippen molar-refractivity contribution in [3.8, 4) is 11.1 Å². The molecule has 0 radical (unpaired) electrons. The first-order valence-electron chi connectivity index (χ1n) is 11.8. The summed E-state index contributed by atoms with van der Waals surface area (Å²) in [6.45, 7) is 2.87. The van der Waals surface area contributed by atoms with Crippen molar-refractivity contribution in [2.75, 3.05) is 5.32 Å². The van der Waals surface area contributed by atoms with E-state index in [1.807, 2.05) is 6.07 Å². The summed E-state index contributed by atoms with van der Waals surface area (Å²) in [6.07, 6.45) is 3.65. The molecular formula is C26H22BrN7O4. The molecule has 1 aliphatic heterocycles. The number of amides is 3. The van der Waals surface area contributed by atoms with Crippen LogP contribution in [0.15, 0.2) is 53.4 Å². The van der Waals surface area contributed by atoms with Gasteiger partial charge in [0.25, 0.3) is 5.91 Å². The molecule has 1 atom stereocenters. The number of rotatable bonds is 6. The molecule has 1 fully saturated rings. The van der Waals surface area contributed by atoms with Gasteiger partial charge in [-0.15, -0.1) is 0 Å². The highest BCUT2D eigenvalue weighted by Crippen LogP contribution is 2.27. The number of imide groups is 1. The Kier molecular flexibility index (Phi) is 6.81. The molecule has 0 spiro atoms. The monoisotopic (exact) mass is 575 g/mol. The van der Waals surface area contributed by atoms with E-state index in [1.54, 1.807) is 49.6 Å². The highest BCUT2D eigenvalue weighted by molar-refractivity contribution is 9.10. The van der Waals surface area contributed by atoms with Gasteiger partial charge in [0, 0.05) is 36.7 Å². The highest BCUT2D eigenvalue weighted by Gasteiger charge is 2.40. The molecule has 192 valence electrons. The van der Waals surface area contributed by atoms with Gasteiger partial charge >= 0.3 is 0 Å². The van der Waals surface area contributed by atoms with E-state index in [2.05, 4.69) is 41.3 Å². The molecule has 1 N–H and O–H groups in total. The molecule has 3 amide bonds. The third-order valence-corrected chi connectivity index (χ3v) is 6.67. The first kappa shape index (κ1) is 25.3. The van der Waals surface area contributed by atoms with Crippen molar-refractivity contribution in [3.05, 3.63) is 64.9 Å². The average molecular weight is 576 g/mol. The molecule has 5 rings (SSSR count). The minimum atomic E-state index is -0.974. The highest BCUT2D eigenvalue weighted by atomic mass is 79.9. The molecular weight excluding hydrogens is 554 g/mol. The van der Waals surface area contributed by atoms with E-state index >= 15 is 0 Å². The quantitative estimate of drug-likeness (QED) is 0.272. The predicted molar refractivity (Wildman–Crippen MR) is 141 cm³/mol. The molecule has 1 aromatic carbocycles. The van der Waals surface area contributed by atoms with Crippen LogP contribution in [0.1, 0.15) is 36.1 Å². The molecule has 1 unspecified atom stereocenters. The smallest absolute Gasteiger partial charge is 0.251 e. The number of Topliss-reactive ketones (excluding diaryl/α,β-unsaturated/α-hetero) is 1. The molecule has 1 aliphatic rings. The van der Waals surface area contributed by atoms with Gasteiger partial charge in [-0.05, 0) is 59.1 Å². The van der Waals surface area contributed by atoms with E-state index in [9.17, 15) is 19.2 Å². The summed E-state index contributed by atoms with van der Waals surface area (Å²) >= 11 is 3.25. The molecule has 0 saturated carbocycles. The van der Waals surface area contributed by atoms with Crippen LogP contribution in [0.4, 0.5) is 5.82 Å². The number of halogens is 1. The maximum atomic E-state index is 13.3. The van der Waals surface area contributed by atoms with Crippen LogP contribution in [0.5, 0.6) is 0 Å². The van der Waals surface area contributed by atoms with Gasteiger partial charge in [-0.3, -0.25) is 28.8 Å². The Bertz CT molecular complexity index is 1600. The minimum Gasteiger partial charge on any atom is -0.309 e. The molecule has 1 saturated heterocycles. The summed E-state index contributed by atoms with van der Waals surface area (Å²) < 4.78 is 1.93. The standard InChI is InChI=1S/C26H22BrN7O4/c1-14(35)25-18-10-16(17-11-28-15(2)29-12-17)6-7-19(18)33(32-25)13-24(37)34-20(8-9-23(34)36)26(38)31-22-5-3-4-21(27)30-22/h3-7,10-12,20H,8-9,13H2,1-2H3,(H,30,31,38). The molecule has 0 bridgehead atoms. The van der Waals surface area contributed by atoms with Gasteiger partial charge in [0.2, 0.25) is 11.8 Å². The number of pyridine rings is 1. The zero-order chi connectivity index (χ0) is 27.0. The van der Waals surface area contributed by atoms with Crippen molar-refractivity contribution in [2.45, 2.75) is 39.3 Å². The van der Waals surface area contributed by atoms with E-state index in [4.69, 9.17) is 0 Å². The Hall–Kier alpha value is -4.32. The van der Waals surface area contributed by atoms with Gasteiger partial charge in [-0.1, -0.05) is 12.1 Å². The third-order valence-electron chi connectivity index (χ3n) is 6.23. The average Bonchev–Trinajstić information content (AvgIpc) is 3.45. The molecule has 38 heavy (non-hydrogen) atoms. The van der Waals surface area contributed by atoms with E-state index in [0.717, 1.165) is 16.0 Å². The normalized spacial score (nSPS) is 15.2. The molecule has 4 aromatic rings. The number of likely N-dealkylation sites (tertiary alicyclic amines) is 1. The number of nitrogens with one attached hydrogen (secondary N) is 1. The first-order chi connectivity index (χ1) is 18.2. The molecule has 11 nitrogen and oxygen atoms in total. The predicted octanol–water partition coefficient (Wildman–Crippen LogP) is 3.32. The number of anilines is 1. The molecule has 4 heterocycles. The fourth-order valence-corrected chi connectivity index (χ4v) is 4.76. The van der Waals surface area contributed by atoms with Crippen molar-refractivity contribution in [1.29, 1.82) is 0 Å². The number of aryl methyl sites for hydroxylation is 1. The van der Waals surface area contributed by atoms with E-state index < -0.39 is 23.8 Å². The van der Waals surface area contributed by atoms with Crippen LogP contribution in [-0.4, -0.2) is 59.2 Å². The number of carbonyl (C=O) groups is 4. The van der Waals surface area contributed by atoms with Crippen molar-refractivity contribution in [3.63, 3.8) is 0 Å². The Morgan fingerprint density at radius 1 is 1.11 bits per heavy atom. The lowest BCUT2D eigenvalue weighted by Gasteiger charge is -2.22. The second kappa shape index (κ2) is 10.2. The number of ketones is 1. The number of carbonyl (C=O) groups excluding carboxylic acids is 4. The lowest BCUT2D eigenvalue weighted by Crippen LogP contribution is -2.46. The Labute approximate surface area is 225 Å². The van der Waals surface area contributed by atoms with Crippen LogP contribution < -0.4 is 5.32 Å². The summed E-state index contributed by atoms with van der Waals surface area (Å²) in [5, 5.41) is 7.61. The number of aromatic nitrogens is 5. The molecule has 3 aromatic heterocycles. The van der Waals surface area contributed by atoms with Gasteiger partial charge in [-0.25, -0.2) is 15.0 Å². The largest absolute Gasteiger partial charge is 0.309 e. The first-order valence-corrected chi connectivity index (χ1v) is 12.6. The second-order valence-electron chi connectivity index (χ2n) is 8.86. The minimum absolute atomic E-state index is 0.0657. The summed E-state index contributed by atoms with van der Waals surface area (Å²) in [5.74, 6) is -0.867. The van der Waals surface area contributed by atoms with Crippen molar-refractivity contribution in [1.82, 2.24) is 29.6 Å². The number of fused-ring (bicyclic) bond motifs is 1. The zero-order valence-corrected chi connectivity index (χ0v) is 22.1. The number of benzene rings is 1. The van der Waals surface area contributed by atoms with Gasteiger partial charge in [-0.2, -0.15) is 5.10 Å². The van der Waals surface area contributed by atoms with E-state index in [0.29, 0.717) is 27.1 Å². The summed E-state index contributed by atoms with van der Waals surface area (Å²) in [5.41, 5.74) is 2.31. The van der Waals surface area contributed by atoms with Crippen LogP contribution >= 0.6 is 15.9 Å². The summed E-state index contributed by atoms with van der Waals surface area (Å²) in [6, 6.07) is 9.45. The van der Waals surface area contributed by atoms with E-state index in [1.165, 1.54) is 11.6 Å². The fraction of sp³-hybridized carbons (Fsp3) is 0.231. The van der Waals surface area contributed by atoms with Crippen LogP contribution in [0.25, 0.3) is 22.0 Å². The maximum absolute atomic E-state index is 13.3. The topological polar surface area (TPSA) is 140 Å². The SMILES string of the molecule is CC(=O)c1nn(CC(=O)N2C(=O)CCC2C(=O)Nc2cccc(Br)n2)c2ccc(-c3cnc(C)nc3)cc12. The number of nitrogens with zero attached hydrogens (tertiary/aromatic N) is 6. The van der Waals surface area contributed by atoms with Crippen LogP contribution in [-0.2, 0) is 20.9 Å². The molecule has 12 heteroatoms. The van der Waals surface area contributed by atoms with Gasteiger partial charge < -0.3 is 5.32 Å². The van der Waals surface area contributed by atoms with Gasteiger partial charge in [0.1, 0.15) is 34.5 Å². The lowest BCUT2D eigenvalue weighted by molar-refractivity contribution is -0.147. The Morgan fingerprint density at radius 2 is 1.87 bits per heavy atom. The van der Waals surface area contributed by atoms with Crippen LogP contribution in [0.3, 0.4) is 0 Å². The Morgan fingerprint density at radius 3 is 2.58 bits per heavy atom. The number of hydrogen-bond donors (Lipinski definition) is 1. The van der Waals surface area contributed by atoms with E-state index in [-0.39, 0.29) is 30.9 Å². The summed E-state index contributed by atoms with van der Waals surface area (Å²) in [4.78, 5) is 64.9. The lowest BCUT2D eigenvalue weighted by atomic mass is 10.0. The summed E-state index contributed by atoms with van der Waals surface area (Å²) in [7, 11) is 0. The van der Waals surface area contributed by atoms with Crippen LogP contribution in [0, 0.1) is 6.92 Å². The number of hydrogen-bond acceptors (Lipinski definition) is 8. The maximum Gasteiger partial charge on any atom is 0.251 e. The van der Waals surface area contributed by atoms with Crippen molar-refractivity contribution >= 4 is 56.2 Å². The van der Waals surface area contributed by atoms with Crippen molar-refractivity contribution < 1.29 is 19.2 Å². The molecule has 0 aliphatic carbocycles. The zero-order valence-electron chi connectivity index (χ0n) is 20.5. The Balaban J connectivity index is 1.42. The third kappa shape index (κ3) is 4.94. The van der Waals surface area contributed by atoms with Gasteiger partial charge in [0.05, 0.1) is 5.52 Å².